The fraction of sp³-hybridized carbons (Fsp3) is 0.452. The molecule has 0 N–H and O–H groups in total. The summed E-state index contributed by atoms with van der Waals surface area (Å²) < 4.78 is 12.2. The Bertz CT molecular complexity index is 965. The van der Waals surface area contributed by atoms with E-state index < -0.39 is 0 Å². The Morgan fingerprint density at radius 1 is 0.611 bits per heavy atom. The van der Waals surface area contributed by atoms with E-state index in [1.54, 1.807) is 0 Å². The fourth-order valence-corrected chi connectivity index (χ4v) is 5.48. The molecule has 0 aliphatic carbocycles. The van der Waals surface area contributed by atoms with Gasteiger partial charge in [-0.2, -0.15) is 0 Å². The number of nitrogens with zero attached hydrogens (tertiary/aromatic N) is 3. The molecule has 0 saturated carbocycles. The summed E-state index contributed by atoms with van der Waals surface area (Å²) in [7, 11) is 0. The molecule has 0 unspecified atom stereocenters. The molecule has 2 aromatic carbocycles. The zero-order valence-corrected chi connectivity index (χ0v) is 21.3. The summed E-state index contributed by atoms with van der Waals surface area (Å²) in [5.74, 6) is 0. The van der Waals surface area contributed by atoms with E-state index in [1.165, 1.54) is 48.2 Å². The van der Waals surface area contributed by atoms with Crippen molar-refractivity contribution >= 4 is 0 Å². The molecule has 1 aromatic heterocycles. The van der Waals surface area contributed by atoms with Gasteiger partial charge in [0.2, 0.25) is 0 Å². The number of likely N-dealkylation sites (tertiary alicyclic amines) is 2. The Morgan fingerprint density at radius 2 is 1.08 bits per heavy atom. The van der Waals surface area contributed by atoms with Crippen molar-refractivity contribution in [3.05, 3.63) is 101 Å². The van der Waals surface area contributed by atoms with Gasteiger partial charge < -0.3 is 9.47 Å². The minimum absolute atomic E-state index is 0.476. The molecule has 0 spiro atoms. The minimum Gasteiger partial charge on any atom is -0.375 e. The van der Waals surface area contributed by atoms with Crippen LogP contribution in [0.1, 0.15) is 48.2 Å². The molecule has 0 amide bonds. The standard InChI is InChI=1S/C31H39N3O2/c1-3-10-26(11-4-1)22-35-24-30-16-8-18-33(30)20-28-14-7-15-29(32-28)21-34-19-9-17-31(34)25-36-23-27-12-5-2-6-13-27/h1-7,10-15,30-31H,8-9,16-25H2/t30-,31-/m0/s1. The van der Waals surface area contributed by atoms with E-state index in [1.807, 2.05) is 12.1 Å². The maximum absolute atomic E-state index is 6.08. The molecular weight excluding hydrogens is 446 g/mol. The molecule has 2 saturated heterocycles. The van der Waals surface area contributed by atoms with Gasteiger partial charge in [-0.25, -0.2) is 0 Å². The van der Waals surface area contributed by atoms with E-state index in [0.717, 1.165) is 39.4 Å². The number of aromatic nitrogens is 1. The average molecular weight is 486 g/mol. The summed E-state index contributed by atoms with van der Waals surface area (Å²) in [6.07, 6.45) is 4.87. The van der Waals surface area contributed by atoms with Crippen LogP contribution in [0.25, 0.3) is 0 Å². The summed E-state index contributed by atoms with van der Waals surface area (Å²) in [5, 5.41) is 0. The second-order valence-corrected chi connectivity index (χ2v) is 10.2. The molecule has 2 aliphatic rings. The van der Waals surface area contributed by atoms with Gasteiger partial charge >= 0.3 is 0 Å². The predicted octanol–water partition coefficient (Wildman–Crippen LogP) is 5.44. The third kappa shape index (κ3) is 7.23. The molecule has 5 heteroatoms. The monoisotopic (exact) mass is 485 g/mol. The minimum atomic E-state index is 0.476. The topological polar surface area (TPSA) is 37.8 Å². The van der Waals surface area contributed by atoms with Crippen LogP contribution >= 0.6 is 0 Å². The van der Waals surface area contributed by atoms with Crippen LogP contribution in [0.5, 0.6) is 0 Å². The lowest BCUT2D eigenvalue weighted by molar-refractivity contribution is 0.0629. The van der Waals surface area contributed by atoms with Gasteiger partial charge in [-0.3, -0.25) is 14.8 Å². The van der Waals surface area contributed by atoms with Crippen molar-refractivity contribution in [1.29, 1.82) is 0 Å². The van der Waals surface area contributed by atoms with Crippen LogP contribution in [0.2, 0.25) is 0 Å². The van der Waals surface area contributed by atoms with E-state index in [2.05, 4.69) is 76.5 Å². The number of benzene rings is 2. The number of pyridine rings is 1. The molecule has 5 nitrogen and oxygen atoms in total. The Balaban J connectivity index is 1.10. The van der Waals surface area contributed by atoms with E-state index in [-0.39, 0.29) is 0 Å². The van der Waals surface area contributed by atoms with Gasteiger partial charge in [-0.15, -0.1) is 0 Å². The highest BCUT2D eigenvalue weighted by molar-refractivity contribution is 5.15. The van der Waals surface area contributed by atoms with Crippen molar-refractivity contribution in [1.82, 2.24) is 14.8 Å². The van der Waals surface area contributed by atoms with Crippen LogP contribution in [0, 0.1) is 0 Å². The smallest absolute Gasteiger partial charge is 0.0717 e. The zero-order chi connectivity index (χ0) is 24.4. The normalized spacial score (nSPS) is 20.8. The predicted molar refractivity (Wildman–Crippen MR) is 143 cm³/mol. The zero-order valence-electron chi connectivity index (χ0n) is 21.3. The van der Waals surface area contributed by atoms with Gasteiger partial charge in [0.15, 0.2) is 0 Å². The van der Waals surface area contributed by atoms with E-state index in [0.29, 0.717) is 25.3 Å². The molecule has 0 bridgehead atoms. The number of rotatable bonds is 12. The van der Waals surface area contributed by atoms with Gasteiger partial charge in [0, 0.05) is 25.2 Å². The van der Waals surface area contributed by atoms with Crippen molar-refractivity contribution in [3.63, 3.8) is 0 Å². The van der Waals surface area contributed by atoms with Crippen LogP contribution in [0.15, 0.2) is 78.9 Å². The van der Waals surface area contributed by atoms with Crippen molar-refractivity contribution < 1.29 is 9.47 Å². The van der Waals surface area contributed by atoms with Crippen molar-refractivity contribution in [2.45, 2.75) is 64.1 Å². The van der Waals surface area contributed by atoms with Crippen LogP contribution in [0.4, 0.5) is 0 Å². The first kappa shape index (κ1) is 25.1. The largest absolute Gasteiger partial charge is 0.375 e. The highest BCUT2D eigenvalue weighted by Gasteiger charge is 2.27. The maximum atomic E-state index is 6.08. The first-order chi connectivity index (χ1) is 17.8. The Labute approximate surface area is 216 Å². The number of hydrogen-bond acceptors (Lipinski definition) is 5. The Hall–Kier alpha value is -2.57. The molecule has 190 valence electrons. The van der Waals surface area contributed by atoms with Gasteiger partial charge in [-0.1, -0.05) is 66.7 Å². The first-order valence-corrected chi connectivity index (χ1v) is 13.5. The third-order valence-electron chi connectivity index (χ3n) is 7.44. The number of ether oxygens (including phenoxy) is 2. The molecule has 2 fully saturated rings. The van der Waals surface area contributed by atoms with Crippen molar-refractivity contribution in [2.24, 2.45) is 0 Å². The third-order valence-corrected chi connectivity index (χ3v) is 7.44. The van der Waals surface area contributed by atoms with E-state index in [9.17, 15) is 0 Å². The summed E-state index contributed by atoms with van der Waals surface area (Å²) in [4.78, 5) is 10.2. The van der Waals surface area contributed by atoms with E-state index in [4.69, 9.17) is 14.5 Å². The highest BCUT2D eigenvalue weighted by Crippen LogP contribution is 2.22. The SMILES string of the molecule is c1ccc(COC[C@@H]2CCCN2Cc2cccc(CN3CCC[C@H]3COCc3ccccc3)n2)cc1. The summed E-state index contributed by atoms with van der Waals surface area (Å²) in [6.45, 7) is 6.99. The second kappa shape index (κ2) is 13.1. The molecule has 36 heavy (non-hydrogen) atoms. The molecule has 2 aliphatic heterocycles. The lowest BCUT2D eigenvalue weighted by Crippen LogP contribution is -2.34. The molecule has 2 atom stereocenters. The van der Waals surface area contributed by atoms with Crippen LogP contribution < -0.4 is 0 Å². The van der Waals surface area contributed by atoms with E-state index >= 15 is 0 Å². The van der Waals surface area contributed by atoms with Gasteiger partial charge in [0.1, 0.15) is 0 Å². The van der Waals surface area contributed by atoms with Crippen LogP contribution in [-0.2, 0) is 35.8 Å². The summed E-state index contributed by atoms with van der Waals surface area (Å²) >= 11 is 0. The van der Waals surface area contributed by atoms with Crippen LogP contribution in [-0.4, -0.2) is 53.2 Å². The Kier molecular flexibility index (Phi) is 9.14. The quantitative estimate of drug-likeness (QED) is 0.341. The number of hydrogen-bond donors (Lipinski definition) is 0. The second-order valence-electron chi connectivity index (χ2n) is 10.2. The lowest BCUT2D eigenvalue weighted by Gasteiger charge is -2.25. The summed E-state index contributed by atoms with van der Waals surface area (Å²) in [5.41, 5.74) is 4.81. The molecule has 3 aromatic rings. The fourth-order valence-electron chi connectivity index (χ4n) is 5.48. The first-order valence-electron chi connectivity index (χ1n) is 13.5. The molecule has 0 radical (unpaired) electrons. The van der Waals surface area contributed by atoms with Gasteiger partial charge in [-0.05, 0) is 62.0 Å². The maximum Gasteiger partial charge on any atom is 0.0717 e. The summed E-state index contributed by atoms with van der Waals surface area (Å²) in [6, 6.07) is 28.4. The van der Waals surface area contributed by atoms with Gasteiger partial charge in [0.05, 0.1) is 37.8 Å². The van der Waals surface area contributed by atoms with Crippen molar-refractivity contribution in [3.8, 4) is 0 Å². The molecule has 5 rings (SSSR count). The molecule has 3 heterocycles. The lowest BCUT2D eigenvalue weighted by atomic mass is 10.2. The molecular formula is C31H39N3O2. The Morgan fingerprint density at radius 3 is 1.56 bits per heavy atom. The highest BCUT2D eigenvalue weighted by atomic mass is 16.5. The van der Waals surface area contributed by atoms with Crippen LogP contribution in [0.3, 0.4) is 0 Å². The average Bonchev–Trinajstić information content (AvgIpc) is 3.55. The van der Waals surface area contributed by atoms with Gasteiger partial charge in [0.25, 0.3) is 0 Å². The van der Waals surface area contributed by atoms with Crippen molar-refractivity contribution in [2.75, 3.05) is 26.3 Å².